The van der Waals surface area contributed by atoms with E-state index in [2.05, 4.69) is 21.5 Å². The number of rotatable bonds is 2. The first-order valence-electron chi connectivity index (χ1n) is 6.16. The van der Waals surface area contributed by atoms with Crippen LogP contribution >= 0.6 is 11.3 Å². The van der Waals surface area contributed by atoms with Crippen molar-refractivity contribution in [3.8, 4) is 0 Å². The number of amidine groups is 1. The van der Waals surface area contributed by atoms with Gasteiger partial charge >= 0.3 is 0 Å². The highest BCUT2D eigenvalue weighted by molar-refractivity contribution is 7.10. The van der Waals surface area contributed by atoms with Gasteiger partial charge in [0.1, 0.15) is 0 Å². The number of nitrogens with two attached hydrogens (primary N) is 1. The van der Waals surface area contributed by atoms with E-state index in [1.165, 1.54) is 16.1 Å². The van der Waals surface area contributed by atoms with E-state index < -0.39 is 0 Å². The average molecular weight is 273 g/mol. The number of oxime groups is 1. The van der Waals surface area contributed by atoms with Gasteiger partial charge in [0.15, 0.2) is 5.84 Å². The van der Waals surface area contributed by atoms with E-state index in [0.717, 1.165) is 25.1 Å². The molecule has 0 fully saturated rings. The van der Waals surface area contributed by atoms with Gasteiger partial charge in [0, 0.05) is 29.2 Å². The maximum absolute atomic E-state index is 8.65. The van der Waals surface area contributed by atoms with E-state index in [0.29, 0.717) is 0 Å². The highest BCUT2D eigenvalue weighted by Crippen LogP contribution is 2.27. The lowest BCUT2D eigenvalue weighted by Crippen LogP contribution is -2.29. The summed E-state index contributed by atoms with van der Waals surface area (Å²) in [5.41, 5.74) is 8.90. The summed E-state index contributed by atoms with van der Waals surface area (Å²) in [5, 5.41) is 13.8. The lowest BCUT2D eigenvalue weighted by Gasteiger charge is -2.29. The van der Waals surface area contributed by atoms with Gasteiger partial charge in [-0.05, 0) is 47.7 Å². The van der Waals surface area contributed by atoms with Crippen LogP contribution in [0.15, 0.2) is 40.9 Å². The van der Waals surface area contributed by atoms with Crippen molar-refractivity contribution in [1.82, 2.24) is 0 Å². The van der Waals surface area contributed by atoms with E-state index in [9.17, 15) is 0 Å². The number of hydrogen-bond acceptors (Lipinski definition) is 4. The molecule has 1 aliphatic rings. The number of fused-ring (bicyclic) bond motifs is 1. The van der Waals surface area contributed by atoms with Gasteiger partial charge in [-0.15, -0.1) is 11.3 Å². The molecule has 5 heteroatoms. The van der Waals surface area contributed by atoms with Crippen LogP contribution in [0.1, 0.15) is 16.0 Å². The molecule has 0 aliphatic carbocycles. The summed E-state index contributed by atoms with van der Waals surface area (Å²) in [5.74, 6) is 0.144. The number of nitrogens with zero attached hydrogens (tertiary/aromatic N) is 2. The fourth-order valence-electron chi connectivity index (χ4n) is 2.37. The number of hydrogen-bond donors (Lipinski definition) is 2. The Morgan fingerprint density at radius 3 is 2.79 bits per heavy atom. The number of benzene rings is 1. The predicted molar refractivity (Wildman–Crippen MR) is 78.0 cm³/mol. The molecule has 0 saturated heterocycles. The maximum Gasteiger partial charge on any atom is 0.170 e. The van der Waals surface area contributed by atoms with Crippen LogP contribution in [0.25, 0.3) is 0 Å². The van der Waals surface area contributed by atoms with Crippen molar-refractivity contribution >= 4 is 22.9 Å². The SMILES string of the molecule is N/C(=N\O)c1ccc(N2CCc3sccc3C2)cc1. The summed E-state index contributed by atoms with van der Waals surface area (Å²) in [6.45, 7) is 2.00. The van der Waals surface area contributed by atoms with Crippen LogP contribution in [0.5, 0.6) is 0 Å². The Kier molecular flexibility index (Phi) is 3.13. The number of thiophene rings is 1. The summed E-state index contributed by atoms with van der Waals surface area (Å²) in [7, 11) is 0. The molecule has 98 valence electrons. The topological polar surface area (TPSA) is 61.9 Å². The second kappa shape index (κ2) is 4.93. The molecule has 0 unspecified atom stereocenters. The molecule has 0 atom stereocenters. The Labute approximate surface area is 115 Å². The summed E-state index contributed by atoms with van der Waals surface area (Å²) in [4.78, 5) is 3.86. The van der Waals surface area contributed by atoms with Gasteiger partial charge in [0.05, 0.1) is 0 Å². The molecule has 1 aliphatic heterocycles. The van der Waals surface area contributed by atoms with Crippen molar-refractivity contribution < 1.29 is 5.21 Å². The highest BCUT2D eigenvalue weighted by atomic mass is 32.1. The molecular formula is C14H15N3OS. The minimum atomic E-state index is 0.144. The van der Waals surface area contributed by atoms with E-state index >= 15 is 0 Å². The van der Waals surface area contributed by atoms with Crippen molar-refractivity contribution in [2.45, 2.75) is 13.0 Å². The second-order valence-electron chi connectivity index (χ2n) is 4.57. The molecule has 1 aromatic heterocycles. The lowest BCUT2D eigenvalue weighted by atomic mass is 10.1. The van der Waals surface area contributed by atoms with Gasteiger partial charge in [-0.1, -0.05) is 5.16 Å². The lowest BCUT2D eigenvalue weighted by molar-refractivity contribution is 0.318. The van der Waals surface area contributed by atoms with Crippen LogP contribution in [0, 0.1) is 0 Å². The van der Waals surface area contributed by atoms with Gasteiger partial charge in [-0.2, -0.15) is 0 Å². The minimum absolute atomic E-state index is 0.144. The molecule has 4 nitrogen and oxygen atoms in total. The van der Waals surface area contributed by atoms with E-state index in [1.54, 1.807) is 0 Å². The van der Waals surface area contributed by atoms with Gasteiger partial charge in [0.25, 0.3) is 0 Å². The van der Waals surface area contributed by atoms with Gasteiger partial charge in [-0.3, -0.25) is 0 Å². The first-order valence-corrected chi connectivity index (χ1v) is 7.04. The minimum Gasteiger partial charge on any atom is -0.409 e. The van der Waals surface area contributed by atoms with E-state index in [4.69, 9.17) is 10.9 Å². The van der Waals surface area contributed by atoms with Crippen LogP contribution in [-0.2, 0) is 13.0 Å². The molecule has 1 aromatic carbocycles. The van der Waals surface area contributed by atoms with Gasteiger partial charge in [-0.25, -0.2) is 0 Å². The zero-order chi connectivity index (χ0) is 13.2. The highest BCUT2D eigenvalue weighted by Gasteiger charge is 2.17. The molecular weight excluding hydrogens is 258 g/mol. The third-order valence-electron chi connectivity index (χ3n) is 3.44. The first-order chi connectivity index (χ1) is 9.28. The third kappa shape index (κ3) is 2.29. The molecule has 0 radical (unpaired) electrons. The van der Waals surface area contributed by atoms with Crippen LogP contribution < -0.4 is 10.6 Å². The standard InChI is InChI=1S/C14H15N3OS/c15-14(16-18)10-1-3-12(4-2-10)17-7-5-13-11(9-17)6-8-19-13/h1-4,6,8,18H,5,7,9H2,(H2,15,16). The predicted octanol–water partition coefficient (Wildman–Crippen LogP) is 2.41. The van der Waals surface area contributed by atoms with Crippen LogP contribution in [0.3, 0.4) is 0 Å². The Bertz CT molecular complexity index is 603. The molecule has 3 N–H and O–H groups in total. The Morgan fingerprint density at radius 1 is 1.26 bits per heavy atom. The summed E-state index contributed by atoms with van der Waals surface area (Å²) < 4.78 is 0. The normalized spacial score (nSPS) is 15.4. The Hall–Kier alpha value is -2.01. The van der Waals surface area contributed by atoms with E-state index in [-0.39, 0.29) is 5.84 Å². The maximum atomic E-state index is 8.65. The Balaban J connectivity index is 1.81. The molecule has 19 heavy (non-hydrogen) atoms. The molecule has 0 amide bonds. The quantitative estimate of drug-likeness (QED) is 0.382. The summed E-state index contributed by atoms with van der Waals surface area (Å²) in [6, 6.07) is 10.0. The fourth-order valence-corrected chi connectivity index (χ4v) is 3.26. The van der Waals surface area contributed by atoms with Gasteiger partial charge in [0.2, 0.25) is 0 Å². The molecule has 3 rings (SSSR count). The van der Waals surface area contributed by atoms with Crippen molar-refractivity contribution in [3.63, 3.8) is 0 Å². The Morgan fingerprint density at radius 2 is 2.05 bits per heavy atom. The molecule has 0 saturated carbocycles. The molecule has 0 spiro atoms. The van der Waals surface area contributed by atoms with Crippen LogP contribution in [0.4, 0.5) is 5.69 Å². The van der Waals surface area contributed by atoms with Crippen molar-refractivity contribution in [2.24, 2.45) is 10.9 Å². The number of anilines is 1. The third-order valence-corrected chi connectivity index (χ3v) is 4.47. The van der Waals surface area contributed by atoms with E-state index in [1.807, 2.05) is 35.6 Å². The van der Waals surface area contributed by atoms with Crippen LogP contribution in [-0.4, -0.2) is 17.6 Å². The summed E-state index contributed by atoms with van der Waals surface area (Å²) in [6.07, 6.45) is 1.11. The smallest absolute Gasteiger partial charge is 0.170 e. The monoisotopic (exact) mass is 273 g/mol. The zero-order valence-electron chi connectivity index (χ0n) is 10.4. The summed E-state index contributed by atoms with van der Waals surface area (Å²) >= 11 is 1.85. The van der Waals surface area contributed by atoms with Crippen LogP contribution in [0.2, 0.25) is 0 Å². The fraction of sp³-hybridized carbons (Fsp3) is 0.214. The molecule has 2 heterocycles. The van der Waals surface area contributed by atoms with Crippen molar-refractivity contribution in [3.05, 3.63) is 51.7 Å². The molecule has 0 bridgehead atoms. The average Bonchev–Trinajstić information content (AvgIpc) is 2.94. The van der Waals surface area contributed by atoms with Crippen molar-refractivity contribution in [2.75, 3.05) is 11.4 Å². The largest absolute Gasteiger partial charge is 0.409 e. The zero-order valence-corrected chi connectivity index (χ0v) is 11.2. The first kappa shape index (κ1) is 12.0. The van der Waals surface area contributed by atoms with Gasteiger partial charge < -0.3 is 15.8 Å². The second-order valence-corrected chi connectivity index (χ2v) is 5.57. The van der Waals surface area contributed by atoms with Crippen molar-refractivity contribution in [1.29, 1.82) is 0 Å². The molecule has 2 aromatic rings.